The van der Waals surface area contributed by atoms with Crippen molar-refractivity contribution in [3.05, 3.63) is 18.3 Å². The lowest BCUT2D eigenvalue weighted by molar-refractivity contribution is -0.120. The molecule has 0 aliphatic carbocycles. The summed E-state index contributed by atoms with van der Waals surface area (Å²) in [6, 6.07) is 3.58. The lowest BCUT2D eigenvalue weighted by atomic mass is 10.0. The lowest BCUT2D eigenvalue weighted by Gasteiger charge is -2.18. The molecule has 0 spiro atoms. The summed E-state index contributed by atoms with van der Waals surface area (Å²) in [5.74, 6) is 0.148. The van der Waals surface area contributed by atoms with Crippen LogP contribution in [0, 0.1) is 5.92 Å². The van der Waals surface area contributed by atoms with Crippen LogP contribution in [0.2, 0.25) is 0 Å². The molecule has 2 rings (SSSR count). The fourth-order valence-corrected chi connectivity index (χ4v) is 2.15. The van der Waals surface area contributed by atoms with E-state index in [-0.39, 0.29) is 17.9 Å². The van der Waals surface area contributed by atoms with Gasteiger partial charge in [-0.3, -0.25) is 4.79 Å². The number of nitrogens with zero attached hydrogens (tertiary/aromatic N) is 1. The summed E-state index contributed by atoms with van der Waals surface area (Å²) in [6.07, 6.45) is 1.62. The van der Waals surface area contributed by atoms with E-state index in [1.165, 1.54) is 7.11 Å². The second kappa shape index (κ2) is 6.49. The highest BCUT2D eigenvalue weighted by molar-refractivity contribution is 5.94. The van der Waals surface area contributed by atoms with Gasteiger partial charge < -0.3 is 20.1 Å². The Kier molecular flexibility index (Phi) is 4.70. The van der Waals surface area contributed by atoms with E-state index in [0.717, 1.165) is 6.54 Å². The molecule has 6 nitrogen and oxygen atoms in total. The van der Waals surface area contributed by atoms with E-state index in [4.69, 9.17) is 9.47 Å². The first-order valence-corrected chi connectivity index (χ1v) is 6.37. The molecule has 1 amide bonds. The number of hydrogen-bond donors (Lipinski definition) is 2. The molecule has 2 atom stereocenters. The van der Waals surface area contributed by atoms with E-state index in [1.807, 2.05) is 6.92 Å². The molecule has 1 aromatic heterocycles. The number of pyridine rings is 1. The molecular formula is C13H19N3O3. The summed E-state index contributed by atoms with van der Waals surface area (Å²) in [6.45, 7) is 3.83. The van der Waals surface area contributed by atoms with Gasteiger partial charge >= 0.3 is 0 Å². The van der Waals surface area contributed by atoms with E-state index in [0.29, 0.717) is 24.8 Å². The summed E-state index contributed by atoms with van der Waals surface area (Å²) in [5, 5.41) is 6.10. The van der Waals surface area contributed by atoms with Gasteiger partial charge in [-0.25, -0.2) is 4.98 Å². The van der Waals surface area contributed by atoms with E-state index >= 15 is 0 Å². The van der Waals surface area contributed by atoms with Crippen molar-refractivity contribution in [3.8, 4) is 5.88 Å². The fourth-order valence-electron chi connectivity index (χ4n) is 2.15. The minimum Gasteiger partial charge on any atom is -0.480 e. The van der Waals surface area contributed by atoms with Gasteiger partial charge in [-0.1, -0.05) is 6.92 Å². The third-order valence-electron chi connectivity index (χ3n) is 3.11. The predicted molar refractivity (Wildman–Crippen MR) is 71.2 cm³/mol. The molecular weight excluding hydrogens is 246 g/mol. The van der Waals surface area contributed by atoms with Crippen LogP contribution in [-0.4, -0.2) is 43.8 Å². The van der Waals surface area contributed by atoms with Crippen LogP contribution in [0.4, 0.5) is 5.69 Å². The van der Waals surface area contributed by atoms with Crippen LogP contribution < -0.4 is 15.4 Å². The molecule has 0 saturated carbocycles. The van der Waals surface area contributed by atoms with Gasteiger partial charge in [-0.15, -0.1) is 0 Å². The van der Waals surface area contributed by atoms with Crippen LogP contribution in [-0.2, 0) is 9.53 Å². The Morgan fingerprint density at radius 1 is 1.58 bits per heavy atom. The van der Waals surface area contributed by atoms with Crippen molar-refractivity contribution >= 4 is 11.6 Å². The highest BCUT2D eigenvalue weighted by Crippen LogP contribution is 2.22. The number of ether oxygens (including phenoxy) is 2. The molecule has 0 radical (unpaired) electrons. The van der Waals surface area contributed by atoms with Gasteiger partial charge in [0.05, 0.1) is 26.2 Å². The van der Waals surface area contributed by atoms with E-state index < -0.39 is 0 Å². The van der Waals surface area contributed by atoms with Gasteiger partial charge in [0.2, 0.25) is 11.8 Å². The number of nitrogens with one attached hydrogen (secondary N) is 2. The number of rotatable bonds is 5. The third-order valence-corrected chi connectivity index (χ3v) is 3.11. The van der Waals surface area contributed by atoms with Crippen LogP contribution in [0.15, 0.2) is 18.3 Å². The topological polar surface area (TPSA) is 72.5 Å². The zero-order valence-corrected chi connectivity index (χ0v) is 11.2. The number of hydrogen-bond acceptors (Lipinski definition) is 5. The first-order valence-electron chi connectivity index (χ1n) is 6.37. The average molecular weight is 265 g/mol. The Morgan fingerprint density at radius 2 is 2.42 bits per heavy atom. The number of anilines is 1. The van der Waals surface area contributed by atoms with Crippen LogP contribution in [0.25, 0.3) is 0 Å². The Morgan fingerprint density at radius 3 is 3.16 bits per heavy atom. The van der Waals surface area contributed by atoms with Gasteiger partial charge in [0.15, 0.2) is 0 Å². The van der Waals surface area contributed by atoms with Crippen molar-refractivity contribution in [2.45, 2.75) is 13.0 Å². The highest BCUT2D eigenvalue weighted by atomic mass is 16.5. The summed E-state index contributed by atoms with van der Waals surface area (Å²) in [7, 11) is 1.53. The average Bonchev–Trinajstić information content (AvgIpc) is 2.88. The van der Waals surface area contributed by atoms with Crippen molar-refractivity contribution in [3.63, 3.8) is 0 Å². The second-order valence-corrected chi connectivity index (χ2v) is 4.36. The van der Waals surface area contributed by atoms with Crippen LogP contribution >= 0.6 is 0 Å². The maximum Gasteiger partial charge on any atom is 0.237 e. The Bertz CT molecular complexity index is 439. The predicted octanol–water partition coefficient (Wildman–Crippen LogP) is 0.653. The zero-order chi connectivity index (χ0) is 13.7. The summed E-state index contributed by atoms with van der Waals surface area (Å²) < 4.78 is 10.5. The minimum atomic E-state index is -0.190. The normalized spacial score (nSPS) is 22.2. The van der Waals surface area contributed by atoms with Crippen molar-refractivity contribution < 1.29 is 14.3 Å². The smallest absolute Gasteiger partial charge is 0.237 e. The fraction of sp³-hybridized carbons (Fsp3) is 0.538. The second-order valence-electron chi connectivity index (χ2n) is 4.36. The van der Waals surface area contributed by atoms with Crippen molar-refractivity contribution in [2.24, 2.45) is 5.92 Å². The summed E-state index contributed by atoms with van der Waals surface area (Å²) in [4.78, 5) is 16.3. The van der Waals surface area contributed by atoms with Crippen LogP contribution in [0.3, 0.4) is 0 Å². The molecule has 2 N–H and O–H groups in total. The van der Waals surface area contributed by atoms with Crippen LogP contribution in [0.1, 0.15) is 6.92 Å². The van der Waals surface area contributed by atoms with Crippen molar-refractivity contribution in [1.29, 1.82) is 0 Å². The molecule has 6 heteroatoms. The lowest BCUT2D eigenvalue weighted by Crippen LogP contribution is -2.41. The Balaban J connectivity index is 2.04. The van der Waals surface area contributed by atoms with E-state index in [1.54, 1.807) is 18.3 Å². The van der Waals surface area contributed by atoms with Crippen molar-refractivity contribution in [1.82, 2.24) is 10.3 Å². The molecule has 104 valence electrons. The van der Waals surface area contributed by atoms with Crippen molar-refractivity contribution in [2.75, 3.05) is 32.2 Å². The first-order chi connectivity index (χ1) is 9.26. The first kappa shape index (κ1) is 13.8. The van der Waals surface area contributed by atoms with E-state index in [2.05, 4.69) is 15.6 Å². The zero-order valence-electron chi connectivity index (χ0n) is 11.2. The standard InChI is InChI=1S/C13H19N3O3/c1-3-14-11-8-19-7-9(11)12(17)16-10-5-4-6-15-13(10)18-2/h4-6,9,11,14H,3,7-8H2,1-2H3,(H,16,17). The monoisotopic (exact) mass is 265 g/mol. The summed E-state index contributed by atoms with van der Waals surface area (Å²) >= 11 is 0. The molecule has 1 fully saturated rings. The molecule has 1 aliphatic heterocycles. The molecule has 1 aromatic rings. The number of amides is 1. The molecule has 1 saturated heterocycles. The van der Waals surface area contributed by atoms with Gasteiger partial charge in [0.1, 0.15) is 5.69 Å². The Labute approximate surface area is 112 Å². The largest absolute Gasteiger partial charge is 0.480 e. The molecule has 1 aliphatic rings. The Hall–Kier alpha value is -1.66. The number of likely N-dealkylation sites (N-methyl/N-ethyl adjacent to an activating group) is 1. The number of carbonyl (C=O) groups excluding carboxylic acids is 1. The summed E-state index contributed by atoms with van der Waals surface area (Å²) in [5.41, 5.74) is 0.581. The van der Waals surface area contributed by atoms with Gasteiger partial charge in [0.25, 0.3) is 0 Å². The minimum absolute atomic E-state index is 0.0627. The highest BCUT2D eigenvalue weighted by Gasteiger charge is 2.33. The number of aromatic nitrogens is 1. The number of methoxy groups -OCH3 is 1. The van der Waals surface area contributed by atoms with Crippen LogP contribution in [0.5, 0.6) is 5.88 Å². The molecule has 19 heavy (non-hydrogen) atoms. The molecule has 0 aromatic carbocycles. The molecule has 2 heterocycles. The maximum atomic E-state index is 12.3. The van der Waals surface area contributed by atoms with Gasteiger partial charge in [0, 0.05) is 12.2 Å². The van der Waals surface area contributed by atoms with E-state index in [9.17, 15) is 4.79 Å². The maximum absolute atomic E-state index is 12.3. The van der Waals surface area contributed by atoms with Gasteiger partial charge in [-0.2, -0.15) is 0 Å². The SMILES string of the molecule is CCNC1COCC1C(=O)Nc1cccnc1OC. The van der Waals surface area contributed by atoms with Gasteiger partial charge in [-0.05, 0) is 18.7 Å². The third kappa shape index (κ3) is 3.21. The quantitative estimate of drug-likeness (QED) is 0.818. The molecule has 0 bridgehead atoms. The molecule has 2 unspecified atom stereocenters. The number of carbonyl (C=O) groups is 1.